The Morgan fingerprint density at radius 3 is 3.00 bits per heavy atom. The van der Waals surface area contributed by atoms with Gasteiger partial charge in [-0.2, -0.15) is 0 Å². The summed E-state index contributed by atoms with van der Waals surface area (Å²) in [6.45, 7) is 3.38. The smallest absolute Gasteiger partial charge is 0.332 e. The van der Waals surface area contributed by atoms with Crippen molar-refractivity contribution in [2.75, 3.05) is 0 Å². The third-order valence-corrected chi connectivity index (χ3v) is 1.50. The normalized spacial score (nSPS) is 12.8. The van der Waals surface area contributed by atoms with Gasteiger partial charge in [-0.05, 0) is 13.8 Å². The largest absolute Gasteiger partial charge is 0.479 e. The Morgan fingerprint density at radius 1 is 1.85 bits per heavy atom. The van der Waals surface area contributed by atoms with Gasteiger partial charge in [0.05, 0.1) is 5.69 Å². The van der Waals surface area contributed by atoms with E-state index in [0.717, 1.165) is 5.69 Å². The van der Waals surface area contributed by atoms with Gasteiger partial charge in [-0.3, -0.25) is 0 Å². The fraction of sp³-hybridized carbons (Fsp3) is 0.500. The minimum atomic E-state index is -0.990. The maximum Gasteiger partial charge on any atom is 0.332 e. The number of aliphatic carboxylic acids is 1. The number of hydrogen-bond acceptors (Lipinski definition) is 4. The Morgan fingerprint density at radius 2 is 2.54 bits per heavy atom. The number of hydrogen-bond donors (Lipinski definition) is 1. The third-order valence-electron chi connectivity index (χ3n) is 1.50. The van der Waals surface area contributed by atoms with Crippen LogP contribution in [0.15, 0.2) is 10.6 Å². The number of aromatic nitrogens is 1. The van der Waals surface area contributed by atoms with Crippen molar-refractivity contribution in [2.45, 2.75) is 26.6 Å². The predicted molar refractivity (Wildman–Crippen MR) is 43.1 cm³/mol. The van der Waals surface area contributed by atoms with Crippen molar-refractivity contribution in [1.29, 1.82) is 0 Å². The monoisotopic (exact) mass is 185 g/mol. The van der Waals surface area contributed by atoms with Crippen LogP contribution in [0.2, 0.25) is 0 Å². The molecule has 1 aromatic heterocycles. The molecule has 0 spiro atoms. The summed E-state index contributed by atoms with van der Waals surface area (Å²) in [5.74, 6) is -0.457. The quantitative estimate of drug-likeness (QED) is 0.756. The molecule has 0 aliphatic carbocycles. The zero-order valence-corrected chi connectivity index (χ0v) is 7.48. The maximum absolute atomic E-state index is 10.4. The van der Waals surface area contributed by atoms with E-state index >= 15 is 0 Å². The van der Waals surface area contributed by atoms with E-state index in [0.29, 0.717) is 5.76 Å². The Labute approximate surface area is 75.3 Å². The summed E-state index contributed by atoms with van der Waals surface area (Å²) >= 11 is 0. The van der Waals surface area contributed by atoms with Gasteiger partial charge in [0, 0.05) is 6.07 Å². The molecule has 0 saturated carbocycles. The average Bonchev–Trinajstić information content (AvgIpc) is 2.47. The zero-order chi connectivity index (χ0) is 9.84. The van der Waals surface area contributed by atoms with Crippen molar-refractivity contribution in [3.8, 4) is 0 Å². The molecule has 0 fully saturated rings. The van der Waals surface area contributed by atoms with Gasteiger partial charge >= 0.3 is 5.97 Å². The van der Waals surface area contributed by atoms with E-state index in [4.69, 9.17) is 14.4 Å². The van der Waals surface area contributed by atoms with Crippen LogP contribution in [0, 0.1) is 6.92 Å². The molecule has 1 N–H and O–H groups in total. The van der Waals surface area contributed by atoms with Crippen molar-refractivity contribution >= 4 is 5.97 Å². The van der Waals surface area contributed by atoms with Crippen molar-refractivity contribution in [2.24, 2.45) is 0 Å². The molecule has 1 atom stereocenters. The maximum atomic E-state index is 10.4. The fourth-order valence-corrected chi connectivity index (χ4v) is 0.763. The van der Waals surface area contributed by atoms with Crippen LogP contribution in [0.1, 0.15) is 18.4 Å². The highest BCUT2D eigenvalue weighted by atomic mass is 16.5. The first-order valence-electron chi connectivity index (χ1n) is 3.86. The molecule has 0 aliphatic heterocycles. The van der Waals surface area contributed by atoms with E-state index in [-0.39, 0.29) is 6.61 Å². The zero-order valence-electron chi connectivity index (χ0n) is 7.48. The second-order valence-corrected chi connectivity index (χ2v) is 2.73. The number of carboxylic acids is 1. The predicted octanol–water partition coefficient (Wildman–Crippen LogP) is 0.973. The van der Waals surface area contributed by atoms with Gasteiger partial charge in [0.2, 0.25) is 0 Å². The van der Waals surface area contributed by atoms with Gasteiger partial charge in [-0.1, -0.05) is 5.16 Å². The lowest BCUT2D eigenvalue weighted by Crippen LogP contribution is -2.19. The summed E-state index contributed by atoms with van der Waals surface area (Å²) in [6.07, 6.45) is -0.828. The van der Waals surface area contributed by atoms with Crippen LogP contribution >= 0.6 is 0 Å². The molecule has 1 aromatic rings. The Hall–Kier alpha value is -1.36. The van der Waals surface area contributed by atoms with Crippen molar-refractivity contribution in [3.05, 3.63) is 17.5 Å². The topological polar surface area (TPSA) is 72.6 Å². The summed E-state index contributed by atoms with van der Waals surface area (Å²) in [7, 11) is 0. The van der Waals surface area contributed by atoms with Crippen LogP contribution in [0.4, 0.5) is 0 Å². The SMILES string of the molecule is Cc1cc(CO[C@@H](C)C(=O)O)on1. The van der Waals surface area contributed by atoms with Crippen molar-refractivity contribution in [1.82, 2.24) is 5.16 Å². The van der Waals surface area contributed by atoms with Crippen LogP contribution in [0.5, 0.6) is 0 Å². The third kappa shape index (κ3) is 2.87. The van der Waals surface area contributed by atoms with Crippen LogP contribution < -0.4 is 0 Å². The van der Waals surface area contributed by atoms with Crippen molar-refractivity contribution in [3.63, 3.8) is 0 Å². The first-order chi connectivity index (χ1) is 6.09. The van der Waals surface area contributed by atoms with E-state index in [9.17, 15) is 4.79 Å². The van der Waals surface area contributed by atoms with Gasteiger partial charge in [-0.15, -0.1) is 0 Å². The molecule has 72 valence electrons. The molecule has 1 rings (SSSR count). The van der Waals surface area contributed by atoms with Gasteiger partial charge in [0.15, 0.2) is 11.9 Å². The summed E-state index contributed by atoms with van der Waals surface area (Å²) < 4.78 is 9.80. The highest BCUT2D eigenvalue weighted by Gasteiger charge is 2.12. The van der Waals surface area contributed by atoms with Gasteiger partial charge in [-0.25, -0.2) is 4.79 Å². The highest BCUT2D eigenvalue weighted by molar-refractivity contribution is 5.71. The minimum Gasteiger partial charge on any atom is -0.479 e. The Balaban J connectivity index is 2.39. The van der Waals surface area contributed by atoms with Gasteiger partial charge < -0.3 is 14.4 Å². The standard InChI is InChI=1S/C8H11NO4/c1-5-3-7(13-9-5)4-12-6(2)8(10)11/h3,6H,4H2,1-2H3,(H,10,11)/t6-/m0/s1. The van der Waals surface area contributed by atoms with E-state index < -0.39 is 12.1 Å². The second kappa shape index (κ2) is 4.04. The van der Waals surface area contributed by atoms with E-state index in [1.165, 1.54) is 6.92 Å². The van der Waals surface area contributed by atoms with E-state index in [1.807, 2.05) is 0 Å². The molecule has 0 amide bonds. The van der Waals surface area contributed by atoms with E-state index in [2.05, 4.69) is 5.16 Å². The molecule has 0 aliphatic rings. The number of ether oxygens (including phenoxy) is 1. The van der Waals surface area contributed by atoms with E-state index in [1.54, 1.807) is 13.0 Å². The molecule has 0 aromatic carbocycles. The van der Waals surface area contributed by atoms with Crippen molar-refractivity contribution < 1.29 is 19.2 Å². The summed E-state index contributed by atoms with van der Waals surface area (Å²) in [5, 5.41) is 12.1. The summed E-state index contributed by atoms with van der Waals surface area (Å²) in [5.41, 5.74) is 0.751. The lowest BCUT2D eigenvalue weighted by Gasteiger charge is -2.04. The molecule has 0 saturated heterocycles. The number of rotatable bonds is 4. The average molecular weight is 185 g/mol. The number of carbonyl (C=O) groups is 1. The summed E-state index contributed by atoms with van der Waals surface area (Å²) in [4.78, 5) is 10.4. The van der Waals surface area contributed by atoms with Crippen LogP contribution in [-0.2, 0) is 16.1 Å². The van der Waals surface area contributed by atoms with Crippen LogP contribution in [0.3, 0.4) is 0 Å². The second-order valence-electron chi connectivity index (χ2n) is 2.73. The Bertz CT molecular complexity index is 294. The van der Waals surface area contributed by atoms with Crippen LogP contribution in [0.25, 0.3) is 0 Å². The van der Waals surface area contributed by atoms with Gasteiger partial charge in [0.25, 0.3) is 0 Å². The molecule has 13 heavy (non-hydrogen) atoms. The molecular weight excluding hydrogens is 174 g/mol. The lowest BCUT2D eigenvalue weighted by molar-refractivity contribution is -0.150. The lowest BCUT2D eigenvalue weighted by atomic mass is 10.4. The Kier molecular flexibility index (Phi) is 3.02. The highest BCUT2D eigenvalue weighted by Crippen LogP contribution is 2.05. The summed E-state index contributed by atoms with van der Waals surface area (Å²) in [6, 6.07) is 1.70. The molecule has 5 heteroatoms. The molecule has 0 unspecified atom stereocenters. The number of aryl methyl sites for hydroxylation is 1. The number of nitrogens with zero attached hydrogens (tertiary/aromatic N) is 1. The first kappa shape index (κ1) is 9.73. The molecule has 5 nitrogen and oxygen atoms in total. The molecular formula is C8H11NO4. The van der Waals surface area contributed by atoms with Gasteiger partial charge in [0.1, 0.15) is 6.61 Å². The molecule has 0 bridgehead atoms. The fourth-order valence-electron chi connectivity index (χ4n) is 0.763. The van der Waals surface area contributed by atoms with Crippen LogP contribution in [-0.4, -0.2) is 22.3 Å². The first-order valence-corrected chi connectivity index (χ1v) is 3.86. The number of carboxylic acid groups (broad SMARTS) is 1. The molecule has 0 radical (unpaired) electrons. The minimum absolute atomic E-state index is 0.133. The molecule has 1 heterocycles.